The second-order valence-corrected chi connectivity index (χ2v) is 3.21. The van der Waals surface area contributed by atoms with Gasteiger partial charge >= 0.3 is 0 Å². The summed E-state index contributed by atoms with van der Waals surface area (Å²) in [6.45, 7) is 0.536. The molecule has 1 heterocycles. The number of nitriles is 1. The maximum Gasteiger partial charge on any atom is 0.249 e. The Morgan fingerprint density at radius 1 is 1.58 bits per heavy atom. The molecule has 2 fully saturated rings. The molecule has 0 radical (unpaired) electrons. The summed E-state index contributed by atoms with van der Waals surface area (Å²) in [5.41, 5.74) is 0. The summed E-state index contributed by atoms with van der Waals surface area (Å²) in [6.07, 6.45) is 1.76. The van der Waals surface area contributed by atoms with E-state index in [1.807, 2.05) is 6.07 Å². The van der Waals surface area contributed by atoms with Crippen molar-refractivity contribution in [2.75, 3.05) is 13.2 Å². The Kier molecular flexibility index (Phi) is 1.74. The molecule has 1 amide bonds. The standard InChI is InChI=1S/C8H10N2O2/c9-3-7-4-10(6-1-2-6)8(11)5-12-7/h6-7H,1-2,4-5H2. The number of carbonyl (C=O) groups is 1. The quantitative estimate of drug-likeness (QED) is 0.546. The monoisotopic (exact) mass is 166 g/mol. The van der Waals surface area contributed by atoms with E-state index >= 15 is 0 Å². The summed E-state index contributed by atoms with van der Waals surface area (Å²) >= 11 is 0. The average Bonchev–Trinajstić information content (AvgIpc) is 2.88. The molecule has 64 valence electrons. The molecule has 12 heavy (non-hydrogen) atoms. The molecule has 4 nitrogen and oxygen atoms in total. The molecule has 1 saturated heterocycles. The highest BCUT2D eigenvalue weighted by molar-refractivity contribution is 5.78. The molecular weight excluding hydrogens is 156 g/mol. The fourth-order valence-corrected chi connectivity index (χ4v) is 1.40. The minimum atomic E-state index is -0.414. The molecule has 0 bridgehead atoms. The zero-order chi connectivity index (χ0) is 8.55. The van der Waals surface area contributed by atoms with Crippen LogP contribution in [0.2, 0.25) is 0 Å². The number of rotatable bonds is 1. The Morgan fingerprint density at radius 3 is 2.92 bits per heavy atom. The van der Waals surface area contributed by atoms with Gasteiger partial charge in [0.15, 0.2) is 6.10 Å². The number of amides is 1. The van der Waals surface area contributed by atoms with Crippen LogP contribution in [0.4, 0.5) is 0 Å². The molecule has 1 saturated carbocycles. The van der Waals surface area contributed by atoms with E-state index in [-0.39, 0.29) is 12.5 Å². The van der Waals surface area contributed by atoms with Crippen molar-refractivity contribution in [2.45, 2.75) is 25.0 Å². The van der Waals surface area contributed by atoms with Crippen LogP contribution in [0.5, 0.6) is 0 Å². The van der Waals surface area contributed by atoms with E-state index in [1.165, 1.54) is 0 Å². The van der Waals surface area contributed by atoms with Gasteiger partial charge in [-0.15, -0.1) is 0 Å². The third-order valence-electron chi connectivity index (χ3n) is 2.22. The van der Waals surface area contributed by atoms with E-state index in [9.17, 15) is 4.79 Å². The molecule has 0 aromatic carbocycles. The first-order valence-corrected chi connectivity index (χ1v) is 4.12. The minimum absolute atomic E-state index is 0.0315. The third kappa shape index (κ3) is 1.28. The van der Waals surface area contributed by atoms with Crippen LogP contribution in [0.3, 0.4) is 0 Å². The van der Waals surface area contributed by atoms with Crippen molar-refractivity contribution in [1.82, 2.24) is 4.90 Å². The summed E-state index contributed by atoms with van der Waals surface area (Å²) in [7, 11) is 0. The zero-order valence-electron chi connectivity index (χ0n) is 6.69. The molecule has 2 aliphatic rings. The second-order valence-electron chi connectivity index (χ2n) is 3.21. The van der Waals surface area contributed by atoms with Gasteiger partial charge in [-0.25, -0.2) is 0 Å². The van der Waals surface area contributed by atoms with Gasteiger partial charge in [-0.1, -0.05) is 0 Å². The topological polar surface area (TPSA) is 53.3 Å². The number of carbonyl (C=O) groups excluding carboxylic acids is 1. The Morgan fingerprint density at radius 2 is 2.33 bits per heavy atom. The fourth-order valence-electron chi connectivity index (χ4n) is 1.40. The van der Waals surface area contributed by atoms with Gasteiger partial charge in [0.25, 0.3) is 0 Å². The van der Waals surface area contributed by atoms with E-state index in [0.29, 0.717) is 12.6 Å². The van der Waals surface area contributed by atoms with Crippen molar-refractivity contribution in [1.29, 1.82) is 5.26 Å². The summed E-state index contributed by atoms with van der Waals surface area (Å²) in [5, 5.41) is 8.58. The number of morpholine rings is 1. The third-order valence-corrected chi connectivity index (χ3v) is 2.22. The van der Waals surface area contributed by atoms with Gasteiger partial charge in [-0.3, -0.25) is 4.79 Å². The number of nitrogens with zero attached hydrogens (tertiary/aromatic N) is 2. The van der Waals surface area contributed by atoms with E-state index in [1.54, 1.807) is 4.90 Å². The highest BCUT2D eigenvalue weighted by Crippen LogP contribution is 2.28. The Labute approximate surface area is 70.7 Å². The molecular formula is C8H10N2O2. The first-order chi connectivity index (χ1) is 5.81. The molecule has 1 atom stereocenters. The number of hydrogen-bond acceptors (Lipinski definition) is 3. The normalized spacial score (nSPS) is 30.1. The van der Waals surface area contributed by atoms with Gasteiger partial charge in [0, 0.05) is 6.04 Å². The van der Waals surface area contributed by atoms with Crippen molar-refractivity contribution in [3.8, 4) is 6.07 Å². The molecule has 1 aliphatic heterocycles. The van der Waals surface area contributed by atoms with Crippen LogP contribution in [0, 0.1) is 11.3 Å². The lowest BCUT2D eigenvalue weighted by Gasteiger charge is -2.29. The Bertz CT molecular complexity index is 242. The van der Waals surface area contributed by atoms with E-state index < -0.39 is 6.10 Å². The first kappa shape index (κ1) is 7.56. The van der Waals surface area contributed by atoms with Crippen LogP contribution in [-0.4, -0.2) is 36.1 Å². The summed E-state index contributed by atoms with van der Waals surface area (Å²) < 4.78 is 5.00. The van der Waals surface area contributed by atoms with E-state index in [4.69, 9.17) is 10.00 Å². The van der Waals surface area contributed by atoms with Gasteiger partial charge in [0.05, 0.1) is 12.6 Å². The summed E-state index contributed by atoms with van der Waals surface area (Å²) in [6, 6.07) is 2.42. The molecule has 4 heteroatoms. The van der Waals surface area contributed by atoms with Crippen LogP contribution in [-0.2, 0) is 9.53 Å². The van der Waals surface area contributed by atoms with E-state index in [2.05, 4.69) is 0 Å². The van der Waals surface area contributed by atoms with Crippen molar-refractivity contribution in [3.05, 3.63) is 0 Å². The highest BCUT2D eigenvalue weighted by Gasteiger charge is 2.37. The lowest BCUT2D eigenvalue weighted by molar-refractivity contribution is -0.146. The lowest BCUT2D eigenvalue weighted by atomic mass is 10.3. The molecule has 1 unspecified atom stereocenters. The molecule has 2 rings (SSSR count). The SMILES string of the molecule is N#CC1CN(C2CC2)C(=O)CO1. The van der Waals surface area contributed by atoms with Gasteiger partial charge in [-0.2, -0.15) is 5.26 Å². The maximum atomic E-state index is 11.2. The predicted molar refractivity (Wildman–Crippen MR) is 40.1 cm³/mol. The molecule has 0 aromatic heterocycles. The first-order valence-electron chi connectivity index (χ1n) is 4.12. The van der Waals surface area contributed by atoms with Crippen LogP contribution in [0.15, 0.2) is 0 Å². The Hall–Kier alpha value is -1.08. The van der Waals surface area contributed by atoms with Crippen LogP contribution < -0.4 is 0 Å². The number of ether oxygens (including phenoxy) is 1. The number of hydrogen-bond donors (Lipinski definition) is 0. The van der Waals surface area contributed by atoms with E-state index in [0.717, 1.165) is 12.8 Å². The summed E-state index contributed by atoms with van der Waals surface area (Å²) in [4.78, 5) is 13.0. The lowest BCUT2D eigenvalue weighted by Crippen LogP contribution is -2.47. The predicted octanol–water partition coefficient (Wildman–Crippen LogP) is -0.100. The maximum absolute atomic E-state index is 11.2. The smallest absolute Gasteiger partial charge is 0.249 e. The van der Waals surface area contributed by atoms with Crippen LogP contribution >= 0.6 is 0 Å². The zero-order valence-corrected chi connectivity index (χ0v) is 6.69. The fraction of sp³-hybridized carbons (Fsp3) is 0.750. The van der Waals surface area contributed by atoms with Crippen molar-refractivity contribution in [2.24, 2.45) is 0 Å². The van der Waals surface area contributed by atoms with Crippen LogP contribution in [0.25, 0.3) is 0 Å². The van der Waals surface area contributed by atoms with Gasteiger partial charge in [0.2, 0.25) is 5.91 Å². The van der Waals surface area contributed by atoms with Crippen molar-refractivity contribution >= 4 is 5.91 Å². The molecule has 0 N–H and O–H groups in total. The van der Waals surface area contributed by atoms with Crippen molar-refractivity contribution in [3.63, 3.8) is 0 Å². The van der Waals surface area contributed by atoms with Crippen LogP contribution in [0.1, 0.15) is 12.8 Å². The molecule has 0 aromatic rings. The minimum Gasteiger partial charge on any atom is -0.352 e. The Balaban J connectivity index is 2.00. The van der Waals surface area contributed by atoms with Gasteiger partial charge < -0.3 is 9.64 Å². The highest BCUT2D eigenvalue weighted by atomic mass is 16.5. The average molecular weight is 166 g/mol. The molecule has 1 aliphatic carbocycles. The van der Waals surface area contributed by atoms with Gasteiger partial charge in [0.1, 0.15) is 6.61 Å². The molecule has 0 spiro atoms. The summed E-state index contributed by atoms with van der Waals surface area (Å²) in [5.74, 6) is 0.0315. The van der Waals surface area contributed by atoms with Crippen molar-refractivity contribution < 1.29 is 9.53 Å². The van der Waals surface area contributed by atoms with Gasteiger partial charge in [-0.05, 0) is 12.8 Å². The second kappa shape index (κ2) is 2.76. The largest absolute Gasteiger partial charge is 0.352 e.